The summed E-state index contributed by atoms with van der Waals surface area (Å²) in [6, 6.07) is 0. The minimum atomic E-state index is -0.429. The first-order valence-electron chi connectivity index (χ1n) is 6.47. The zero-order valence-electron chi connectivity index (χ0n) is 11.4. The van der Waals surface area contributed by atoms with E-state index in [1.807, 2.05) is 18.8 Å². The van der Waals surface area contributed by atoms with Gasteiger partial charge in [-0.15, -0.1) is 0 Å². The van der Waals surface area contributed by atoms with Crippen LogP contribution in [0.1, 0.15) is 39.5 Å². The molecule has 4 heteroatoms. The number of likely N-dealkylation sites (N-methyl/N-ethyl adjacent to an activating group) is 1. The summed E-state index contributed by atoms with van der Waals surface area (Å²) in [4.78, 5) is 11.8. The highest BCUT2D eigenvalue weighted by Crippen LogP contribution is 2.38. The summed E-state index contributed by atoms with van der Waals surface area (Å²) in [7, 11) is 3.33. The average molecular weight is 259 g/mol. The van der Waals surface area contributed by atoms with Crippen LogP contribution in [0.25, 0.3) is 0 Å². The largest absolute Gasteiger partial charge is 0.468 e. The second-order valence-electron chi connectivity index (χ2n) is 5.04. The Hall–Kier alpha value is -0.220. The molecule has 1 fully saturated rings. The molecule has 1 aliphatic rings. The minimum Gasteiger partial charge on any atom is -0.468 e. The van der Waals surface area contributed by atoms with Gasteiger partial charge in [0, 0.05) is 5.25 Å². The van der Waals surface area contributed by atoms with Gasteiger partial charge in [-0.25, -0.2) is 0 Å². The molecule has 0 aliphatic heterocycles. The van der Waals surface area contributed by atoms with Crippen molar-refractivity contribution in [2.75, 3.05) is 19.9 Å². The Labute approximate surface area is 109 Å². The van der Waals surface area contributed by atoms with E-state index in [1.54, 1.807) is 0 Å². The normalized spacial score (nSPS) is 30.2. The third kappa shape index (κ3) is 3.62. The SMILES string of the molecule is CCC(C)CSC1CCC(NC)(C(=O)OC)C1. The van der Waals surface area contributed by atoms with E-state index in [4.69, 9.17) is 4.74 Å². The van der Waals surface area contributed by atoms with Gasteiger partial charge in [0.15, 0.2) is 0 Å². The van der Waals surface area contributed by atoms with Crippen LogP contribution in [0.5, 0.6) is 0 Å². The zero-order chi connectivity index (χ0) is 12.9. The number of carbonyl (C=O) groups excluding carboxylic acids is 1. The molecule has 0 amide bonds. The van der Waals surface area contributed by atoms with E-state index in [2.05, 4.69) is 19.2 Å². The van der Waals surface area contributed by atoms with Crippen molar-refractivity contribution >= 4 is 17.7 Å². The maximum absolute atomic E-state index is 11.8. The maximum atomic E-state index is 11.8. The van der Waals surface area contributed by atoms with Crippen LogP contribution >= 0.6 is 11.8 Å². The molecule has 0 saturated heterocycles. The summed E-state index contributed by atoms with van der Waals surface area (Å²) < 4.78 is 4.91. The van der Waals surface area contributed by atoms with Crippen LogP contribution in [0.3, 0.4) is 0 Å². The highest BCUT2D eigenvalue weighted by molar-refractivity contribution is 7.99. The summed E-state index contributed by atoms with van der Waals surface area (Å²) in [5, 5.41) is 3.76. The van der Waals surface area contributed by atoms with Crippen LogP contribution in [-0.4, -0.2) is 36.7 Å². The lowest BCUT2D eigenvalue weighted by atomic mass is 9.98. The number of rotatable bonds is 6. The Morgan fingerprint density at radius 3 is 2.88 bits per heavy atom. The molecular formula is C13H25NO2S. The minimum absolute atomic E-state index is 0.105. The van der Waals surface area contributed by atoms with E-state index in [1.165, 1.54) is 19.3 Å². The molecular weight excluding hydrogens is 234 g/mol. The lowest BCUT2D eigenvalue weighted by Crippen LogP contribution is -2.49. The van der Waals surface area contributed by atoms with Crippen molar-refractivity contribution in [2.24, 2.45) is 5.92 Å². The molecule has 0 spiro atoms. The summed E-state index contributed by atoms with van der Waals surface area (Å²) in [5.41, 5.74) is -0.429. The lowest BCUT2D eigenvalue weighted by Gasteiger charge is -2.25. The smallest absolute Gasteiger partial charge is 0.326 e. The van der Waals surface area contributed by atoms with E-state index >= 15 is 0 Å². The molecule has 3 nitrogen and oxygen atoms in total. The average Bonchev–Trinajstić information content (AvgIpc) is 2.79. The zero-order valence-corrected chi connectivity index (χ0v) is 12.2. The van der Waals surface area contributed by atoms with Crippen LogP contribution in [0, 0.1) is 5.92 Å². The van der Waals surface area contributed by atoms with E-state index < -0.39 is 5.54 Å². The fraction of sp³-hybridized carbons (Fsp3) is 0.923. The van der Waals surface area contributed by atoms with Crippen molar-refractivity contribution in [2.45, 2.75) is 50.3 Å². The molecule has 1 N–H and O–H groups in total. The first-order chi connectivity index (χ1) is 8.07. The highest BCUT2D eigenvalue weighted by Gasteiger charge is 2.45. The molecule has 3 atom stereocenters. The molecule has 1 rings (SSSR count). The lowest BCUT2D eigenvalue weighted by molar-refractivity contribution is -0.148. The van der Waals surface area contributed by atoms with Gasteiger partial charge in [0.2, 0.25) is 0 Å². The van der Waals surface area contributed by atoms with Gasteiger partial charge in [0.05, 0.1) is 7.11 Å². The van der Waals surface area contributed by atoms with Crippen molar-refractivity contribution in [1.29, 1.82) is 0 Å². The van der Waals surface area contributed by atoms with Crippen molar-refractivity contribution in [3.63, 3.8) is 0 Å². The Morgan fingerprint density at radius 2 is 2.35 bits per heavy atom. The standard InChI is InChI=1S/C13H25NO2S/c1-5-10(2)9-17-11-6-7-13(8-11,14-3)12(15)16-4/h10-11,14H,5-9H2,1-4H3. The van der Waals surface area contributed by atoms with E-state index in [-0.39, 0.29) is 5.97 Å². The van der Waals surface area contributed by atoms with Crippen molar-refractivity contribution < 1.29 is 9.53 Å². The molecule has 0 aromatic carbocycles. The first-order valence-corrected chi connectivity index (χ1v) is 7.51. The number of nitrogens with one attached hydrogen (secondary N) is 1. The third-order valence-corrected chi connectivity index (χ3v) is 5.47. The molecule has 0 aromatic rings. The number of ether oxygens (including phenoxy) is 1. The number of hydrogen-bond acceptors (Lipinski definition) is 4. The Kier molecular flexibility index (Phi) is 5.80. The van der Waals surface area contributed by atoms with E-state index in [9.17, 15) is 4.79 Å². The van der Waals surface area contributed by atoms with Gasteiger partial charge in [0.1, 0.15) is 5.54 Å². The van der Waals surface area contributed by atoms with Gasteiger partial charge >= 0.3 is 5.97 Å². The fourth-order valence-electron chi connectivity index (χ4n) is 2.27. The predicted molar refractivity (Wildman–Crippen MR) is 73.4 cm³/mol. The van der Waals surface area contributed by atoms with Gasteiger partial charge in [-0.1, -0.05) is 20.3 Å². The quantitative estimate of drug-likeness (QED) is 0.744. The highest BCUT2D eigenvalue weighted by atomic mass is 32.2. The number of thioether (sulfide) groups is 1. The van der Waals surface area contributed by atoms with Gasteiger partial charge in [-0.05, 0) is 38.0 Å². The fourth-order valence-corrected chi connectivity index (χ4v) is 3.79. The van der Waals surface area contributed by atoms with Crippen molar-refractivity contribution in [3.05, 3.63) is 0 Å². The van der Waals surface area contributed by atoms with Crippen molar-refractivity contribution in [3.8, 4) is 0 Å². The molecule has 0 radical (unpaired) electrons. The molecule has 100 valence electrons. The van der Waals surface area contributed by atoms with Gasteiger partial charge in [-0.2, -0.15) is 11.8 Å². The number of esters is 1. The monoisotopic (exact) mass is 259 g/mol. The van der Waals surface area contributed by atoms with Crippen LogP contribution in [0.15, 0.2) is 0 Å². The molecule has 1 aliphatic carbocycles. The molecule has 0 bridgehead atoms. The van der Waals surface area contributed by atoms with E-state index in [0.29, 0.717) is 5.25 Å². The molecule has 3 unspecified atom stereocenters. The predicted octanol–water partition coefficient (Wildman–Crippen LogP) is 2.45. The first kappa shape index (κ1) is 14.8. The Balaban J connectivity index is 2.47. The second-order valence-corrected chi connectivity index (χ2v) is 6.37. The molecule has 17 heavy (non-hydrogen) atoms. The van der Waals surface area contributed by atoms with Crippen molar-refractivity contribution in [1.82, 2.24) is 5.32 Å². The Bertz CT molecular complexity index is 260. The summed E-state index contributed by atoms with van der Waals surface area (Å²) in [6.07, 6.45) is 4.14. The van der Waals surface area contributed by atoms with E-state index in [0.717, 1.165) is 25.2 Å². The molecule has 0 heterocycles. The summed E-state index contributed by atoms with van der Waals surface area (Å²) in [6.45, 7) is 4.51. The number of methoxy groups -OCH3 is 1. The summed E-state index contributed by atoms with van der Waals surface area (Å²) in [5.74, 6) is 1.86. The Morgan fingerprint density at radius 1 is 1.65 bits per heavy atom. The topological polar surface area (TPSA) is 38.3 Å². The van der Waals surface area contributed by atoms with Crippen LogP contribution < -0.4 is 5.32 Å². The van der Waals surface area contributed by atoms with Crippen LogP contribution in [0.2, 0.25) is 0 Å². The maximum Gasteiger partial charge on any atom is 0.326 e. The summed E-state index contributed by atoms with van der Waals surface area (Å²) >= 11 is 2.01. The van der Waals surface area contributed by atoms with Gasteiger partial charge in [0.25, 0.3) is 0 Å². The van der Waals surface area contributed by atoms with Crippen LogP contribution in [-0.2, 0) is 9.53 Å². The molecule has 0 aromatic heterocycles. The number of carbonyl (C=O) groups is 1. The van der Waals surface area contributed by atoms with Crippen LogP contribution in [0.4, 0.5) is 0 Å². The molecule has 1 saturated carbocycles. The second kappa shape index (κ2) is 6.64. The van der Waals surface area contributed by atoms with Gasteiger partial charge < -0.3 is 10.1 Å². The van der Waals surface area contributed by atoms with Gasteiger partial charge in [-0.3, -0.25) is 4.79 Å². The third-order valence-electron chi connectivity index (χ3n) is 3.84. The number of hydrogen-bond donors (Lipinski definition) is 1.